The first kappa shape index (κ1) is 24.0. The van der Waals surface area contributed by atoms with Gasteiger partial charge in [0, 0.05) is 30.2 Å². The van der Waals surface area contributed by atoms with E-state index in [2.05, 4.69) is 25.8 Å². The van der Waals surface area contributed by atoms with Gasteiger partial charge in [-0.1, -0.05) is 0 Å². The number of nitrogens with one attached hydrogen (secondary N) is 3. The van der Waals surface area contributed by atoms with Gasteiger partial charge in [0.2, 0.25) is 5.91 Å². The Balaban J connectivity index is 1.33. The van der Waals surface area contributed by atoms with Crippen molar-refractivity contribution < 1.29 is 9.59 Å². The molecule has 2 saturated carbocycles. The molecule has 3 heterocycles. The van der Waals surface area contributed by atoms with Crippen LogP contribution in [0.25, 0.3) is 0 Å². The number of aromatic nitrogens is 5. The second-order valence-electron chi connectivity index (χ2n) is 10.4. The highest BCUT2D eigenvalue weighted by Gasteiger charge is 2.48. The van der Waals surface area contributed by atoms with Crippen molar-refractivity contribution in [2.75, 3.05) is 5.32 Å². The lowest BCUT2D eigenvalue weighted by atomic mass is 9.88. The summed E-state index contributed by atoms with van der Waals surface area (Å²) in [5.74, 6) is 0.502. The minimum Gasteiger partial charge on any atom is -0.339 e. The fraction of sp³-hybridized carbons (Fsp3) is 0.500. The molecule has 36 heavy (non-hydrogen) atoms. The number of aryl methyl sites for hydroxylation is 1. The van der Waals surface area contributed by atoms with Gasteiger partial charge in [-0.2, -0.15) is 10.2 Å². The molecule has 190 valence electrons. The van der Waals surface area contributed by atoms with Gasteiger partial charge in [-0.25, -0.2) is 0 Å². The lowest BCUT2D eigenvalue weighted by molar-refractivity contribution is -0.119. The van der Waals surface area contributed by atoms with Crippen LogP contribution in [-0.4, -0.2) is 42.4 Å². The predicted octanol–water partition coefficient (Wildman–Crippen LogP) is 2.88. The molecule has 0 unspecified atom stereocenters. The Hall–Kier alpha value is -3.69. The largest absolute Gasteiger partial charge is 0.339 e. The van der Waals surface area contributed by atoms with E-state index in [1.807, 2.05) is 26.8 Å². The smallest absolute Gasteiger partial charge is 0.270 e. The molecular weight excluding hydrogens is 458 g/mol. The number of H-pyrrole nitrogens is 1. The number of aromatic amines is 1. The number of carbonyl (C=O) groups is 2. The summed E-state index contributed by atoms with van der Waals surface area (Å²) in [5.41, 5.74) is 2.35. The Morgan fingerprint density at radius 3 is 2.56 bits per heavy atom. The van der Waals surface area contributed by atoms with Crippen LogP contribution in [0.1, 0.15) is 67.2 Å². The van der Waals surface area contributed by atoms with E-state index in [1.54, 1.807) is 40.2 Å². The number of rotatable bonds is 10. The molecule has 0 spiro atoms. The molecule has 5 rings (SSSR count). The lowest BCUT2D eigenvalue weighted by Crippen LogP contribution is -2.50. The Morgan fingerprint density at radius 2 is 1.89 bits per heavy atom. The quantitative estimate of drug-likeness (QED) is 0.402. The first-order chi connectivity index (χ1) is 17.3. The number of carbonyl (C=O) groups excluding carboxylic acids is 2. The van der Waals surface area contributed by atoms with Crippen molar-refractivity contribution in [2.24, 2.45) is 17.8 Å². The summed E-state index contributed by atoms with van der Waals surface area (Å²) >= 11 is 0. The van der Waals surface area contributed by atoms with E-state index < -0.39 is 6.04 Å². The average Bonchev–Trinajstić information content (AvgIpc) is 3.76. The molecule has 10 heteroatoms. The van der Waals surface area contributed by atoms with E-state index in [0.717, 1.165) is 31.2 Å². The van der Waals surface area contributed by atoms with Gasteiger partial charge in [0.1, 0.15) is 11.7 Å². The molecule has 0 saturated heterocycles. The van der Waals surface area contributed by atoms with E-state index in [1.165, 1.54) is 0 Å². The maximum absolute atomic E-state index is 13.6. The Kier molecular flexibility index (Phi) is 6.51. The van der Waals surface area contributed by atoms with Gasteiger partial charge < -0.3 is 15.6 Å². The van der Waals surface area contributed by atoms with Gasteiger partial charge >= 0.3 is 0 Å². The van der Waals surface area contributed by atoms with Crippen LogP contribution in [0.5, 0.6) is 0 Å². The normalized spacial score (nSPS) is 16.4. The summed E-state index contributed by atoms with van der Waals surface area (Å²) in [7, 11) is 0. The molecule has 2 amide bonds. The highest BCUT2D eigenvalue weighted by molar-refractivity contribution is 6.00. The summed E-state index contributed by atoms with van der Waals surface area (Å²) in [6.45, 7) is 6.13. The van der Waals surface area contributed by atoms with Gasteiger partial charge in [-0.05, 0) is 81.9 Å². The average molecular weight is 492 g/mol. The van der Waals surface area contributed by atoms with Crippen molar-refractivity contribution >= 4 is 17.5 Å². The van der Waals surface area contributed by atoms with Crippen molar-refractivity contribution in [2.45, 2.75) is 65.1 Å². The SMILES string of the molecule is Cc1c[nH]c(=O)c(Cn2cc(NC(=O)[C@@H](NC(=O)c3ccnn3C(C)C)C(C3CC3)C3CC3)cn2)c1. The maximum atomic E-state index is 13.6. The molecule has 0 bridgehead atoms. The molecular formula is C26H33N7O3. The first-order valence-electron chi connectivity index (χ1n) is 12.7. The number of amides is 2. The second kappa shape index (κ2) is 9.75. The number of anilines is 1. The Bertz CT molecular complexity index is 1300. The van der Waals surface area contributed by atoms with Crippen LogP contribution < -0.4 is 16.2 Å². The summed E-state index contributed by atoms with van der Waals surface area (Å²) in [4.78, 5) is 41.7. The van der Waals surface area contributed by atoms with Gasteiger partial charge in [0.15, 0.2) is 0 Å². The van der Waals surface area contributed by atoms with Gasteiger partial charge in [0.05, 0.1) is 18.4 Å². The van der Waals surface area contributed by atoms with Crippen molar-refractivity contribution in [3.05, 3.63) is 64.1 Å². The van der Waals surface area contributed by atoms with Crippen LogP contribution in [0.2, 0.25) is 0 Å². The molecule has 2 aliphatic carbocycles. The fourth-order valence-corrected chi connectivity index (χ4v) is 5.03. The highest BCUT2D eigenvalue weighted by Crippen LogP contribution is 2.50. The summed E-state index contributed by atoms with van der Waals surface area (Å²) < 4.78 is 3.29. The van der Waals surface area contributed by atoms with Crippen molar-refractivity contribution in [1.29, 1.82) is 0 Å². The molecule has 3 N–H and O–H groups in total. The van der Waals surface area contributed by atoms with Crippen molar-refractivity contribution in [3.63, 3.8) is 0 Å². The molecule has 3 aromatic rings. The summed E-state index contributed by atoms with van der Waals surface area (Å²) in [6, 6.07) is 2.89. The molecule has 1 atom stereocenters. The van der Waals surface area contributed by atoms with Crippen LogP contribution in [0.15, 0.2) is 41.7 Å². The van der Waals surface area contributed by atoms with Gasteiger partial charge in [-0.3, -0.25) is 23.7 Å². The first-order valence-corrected chi connectivity index (χ1v) is 12.7. The van der Waals surface area contributed by atoms with E-state index in [4.69, 9.17) is 0 Å². The second-order valence-corrected chi connectivity index (χ2v) is 10.4. The molecule has 0 radical (unpaired) electrons. The Morgan fingerprint density at radius 1 is 1.17 bits per heavy atom. The minimum absolute atomic E-state index is 0.0298. The standard InChI is InChI=1S/C26H33N7O3/c1-15(2)33-21(8-9-28-33)25(35)31-23(22(17-4-5-17)18-6-7-18)26(36)30-20-12-29-32(14-20)13-19-10-16(3)11-27-24(19)34/h8-12,14-15,17-18,22-23H,4-7,13H2,1-3H3,(H,27,34)(H,30,36)(H,31,35)/t23-/m0/s1. The van der Waals surface area contributed by atoms with Crippen molar-refractivity contribution in [1.82, 2.24) is 29.9 Å². The zero-order valence-electron chi connectivity index (χ0n) is 20.9. The third kappa shape index (κ3) is 5.27. The van der Waals surface area contributed by atoms with Crippen LogP contribution in [-0.2, 0) is 11.3 Å². The maximum Gasteiger partial charge on any atom is 0.270 e. The van der Waals surface area contributed by atoms with Crippen LogP contribution in [0.3, 0.4) is 0 Å². The van der Waals surface area contributed by atoms with Crippen LogP contribution in [0, 0.1) is 24.7 Å². The fourth-order valence-electron chi connectivity index (χ4n) is 5.03. The number of nitrogens with zero attached hydrogens (tertiary/aromatic N) is 4. The molecule has 0 aromatic carbocycles. The predicted molar refractivity (Wildman–Crippen MR) is 135 cm³/mol. The third-order valence-corrected chi connectivity index (χ3v) is 7.04. The van der Waals surface area contributed by atoms with Crippen LogP contribution >= 0.6 is 0 Å². The zero-order chi connectivity index (χ0) is 25.4. The number of pyridine rings is 1. The molecule has 0 aliphatic heterocycles. The summed E-state index contributed by atoms with van der Waals surface area (Å²) in [6.07, 6.45) is 10.9. The van der Waals surface area contributed by atoms with E-state index in [9.17, 15) is 14.4 Å². The van der Waals surface area contributed by atoms with Crippen LogP contribution in [0.4, 0.5) is 5.69 Å². The molecule has 10 nitrogen and oxygen atoms in total. The number of hydrogen-bond acceptors (Lipinski definition) is 5. The minimum atomic E-state index is -0.643. The highest BCUT2D eigenvalue weighted by atomic mass is 16.2. The number of hydrogen-bond donors (Lipinski definition) is 3. The lowest BCUT2D eigenvalue weighted by Gasteiger charge is -2.27. The molecule has 3 aromatic heterocycles. The topological polar surface area (TPSA) is 127 Å². The van der Waals surface area contributed by atoms with E-state index in [0.29, 0.717) is 35.3 Å². The van der Waals surface area contributed by atoms with E-state index in [-0.39, 0.29) is 29.3 Å². The Labute approximate surface area is 209 Å². The van der Waals surface area contributed by atoms with Gasteiger partial charge in [0.25, 0.3) is 11.5 Å². The van der Waals surface area contributed by atoms with E-state index >= 15 is 0 Å². The third-order valence-electron chi connectivity index (χ3n) is 7.04. The zero-order valence-corrected chi connectivity index (χ0v) is 20.9. The monoisotopic (exact) mass is 491 g/mol. The molecule has 2 aliphatic rings. The van der Waals surface area contributed by atoms with Gasteiger partial charge in [-0.15, -0.1) is 0 Å². The summed E-state index contributed by atoms with van der Waals surface area (Å²) in [5, 5.41) is 14.6. The van der Waals surface area contributed by atoms with Crippen molar-refractivity contribution in [3.8, 4) is 0 Å². The molecule has 2 fully saturated rings.